The van der Waals surface area contributed by atoms with Crippen molar-refractivity contribution in [2.24, 2.45) is 0 Å². The lowest BCUT2D eigenvalue weighted by molar-refractivity contribution is -0.130. The normalized spacial score (nSPS) is 9.92. The molecule has 0 radical (unpaired) electrons. The lowest BCUT2D eigenvalue weighted by atomic mass is 10.0. The fourth-order valence-corrected chi connectivity index (χ4v) is 1.87. The molecule has 0 saturated heterocycles. The maximum atomic E-state index is 14.2. The minimum atomic E-state index is -1.31. The van der Waals surface area contributed by atoms with Crippen LogP contribution in [0.1, 0.15) is 0 Å². The molecule has 0 amide bonds. The predicted octanol–water partition coefficient (Wildman–Crippen LogP) is 3.81. The van der Waals surface area contributed by atoms with Gasteiger partial charge < -0.3 is 9.47 Å². The molecule has 0 N–H and O–H groups in total. The first-order valence-corrected chi connectivity index (χ1v) is 6.73. The number of esters is 2. The van der Waals surface area contributed by atoms with E-state index < -0.39 is 29.3 Å². The Hall–Kier alpha value is -3.28. The van der Waals surface area contributed by atoms with E-state index in [-0.39, 0.29) is 16.9 Å². The molecule has 4 nitrogen and oxygen atoms in total. The lowest BCUT2D eigenvalue weighted by Crippen LogP contribution is -2.06. The van der Waals surface area contributed by atoms with Crippen molar-refractivity contribution in [1.29, 1.82) is 0 Å². The first-order valence-electron chi connectivity index (χ1n) is 6.73. The summed E-state index contributed by atoms with van der Waals surface area (Å²) < 4.78 is 37.8. The highest BCUT2D eigenvalue weighted by atomic mass is 19.2. The maximum absolute atomic E-state index is 14.2. The number of ether oxygens (including phenoxy) is 2. The minimum absolute atomic E-state index is 0.0811. The molecule has 2 aromatic carbocycles. The zero-order valence-corrected chi connectivity index (χ0v) is 12.4. The van der Waals surface area contributed by atoms with Crippen molar-refractivity contribution in [1.82, 2.24) is 0 Å². The zero-order chi connectivity index (χ0) is 17.7. The van der Waals surface area contributed by atoms with Gasteiger partial charge in [-0.15, -0.1) is 0 Å². The molecule has 0 bridgehead atoms. The SMILES string of the molecule is C=CC(=O)Oc1cccc(-c2ccc(OC(=O)C=C)c(F)c2F)c1. The van der Waals surface area contributed by atoms with Gasteiger partial charge in [-0.1, -0.05) is 25.3 Å². The summed E-state index contributed by atoms with van der Waals surface area (Å²) in [5.41, 5.74) is 0.199. The van der Waals surface area contributed by atoms with E-state index >= 15 is 0 Å². The van der Waals surface area contributed by atoms with Crippen LogP contribution in [0.5, 0.6) is 11.5 Å². The van der Waals surface area contributed by atoms with Crippen molar-refractivity contribution in [2.45, 2.75) is 0 Å². The summed E-state index contributed by atoms with van der Waals surface area (Å²) in [6.45, 7) is 6.45. The van der Waals surface area contributed by atoms with Gasteiger partial charge in [-0.3, -0.25) is 0 Å². The second-order valence-corrected chi connectivity index (χ2v) is 4.52. The van der Waals surface area contributed by atoms with E-state index in [9.17, 15) is 18.4 Å². The predicted molar refractivity (Wildman–Crippen MR) is 83.5 cm³/mol. The smallest absolute Gasteiger partial charge is 0.335 e. The van der Waals surface area contributed by atoms with Crippen LogP contribution in [0.4, 0.5) is 8.78 Å². The van der Waals surface area contributed by atoms with E-state index in [2.05, 4.69) is 17.9 Å². The Morgan fingerprint density at radius 3 is 2.25 bits per heavy atom. The van der Waals surface area contributed by atoms with Crippen LogP contribution in [0.3, 0.4) is 0 Å². The van der Waals surface area contributed by atoms with Crippen molar-refractivity contribution in [2.75, 3.05) is 0 Å². The second kappa shape index (κ2) is 7.32. The van der Waals surface area contributed by atoms with Gasteiger partial charge in [0.2, 0.25) is 5.82 Å². The Morgan fingerprint density at radius 1 is 0.917 bits per heavy atom. The quantitative estimate of drug-likeness (QED) is 0.475. The largest absolute Gasteiger partial charge is 0.423 e. The van der Waals surface area contributed by atoms with Gasteiger partial charge in [0.05, 0.1) is 0 Å². The highest BCUT2D eigenvalue weighted by Crippen LogP contribution is 2.31. The standard InChI is InChI=1S/C18H12F2O4/c1-3-15(21)23-12-7-5-6-11(10-12)13-8-9-14(18(20)17(13)19)24-16(22)4-2/h3-10H,1-2H2. The summed E-state index contributed by atoms with van der Waals surface area (Å²) in [6.07, 6.45) is 1.82. The van der Waals surface area contributed by atoms with E-state index in [1.165, 1.54) is 30.3 Å². The van der Waals surface area contributed by atoms with E-state index in [0.29, 0.717) is 0 Å². The molecule has 0 fully saturated rings. The van der Waals surface area contributed by atoms with E-state index in [1.807, 2.05) is 0 Å². The summed E-state index contributed by atoms with van der Waals surface area (Å²) in [7, 11) is 0. The molecule has 6 heteroatoms. The van der Waals surface area contributed by atoms with Crippen LogP contribution in [-0.4, -0.2) is 11.9 Å². The third kappa shape index (κ3) is 3.73. The van der Waals surface area contributed by atoms with Gasteiger partial charge in [0, 0.05) is 17.7 Å². The third-order valence-corrected chi connectivity index (χ3v) is 2.95. The van der Waals surface area contributed by atoms with Crippen LogP contribution in [0.15, 0.2) is 61.7 Å². The van der Waals surface area contributed by atoms with Crippen molar-refractivity contribution < 1.29 is 27.8 Å². The number of benzene rings is 2. The Morgan fingerprint density at radius 2 is 1.58 bits per heavy atom. The molecule has 0 spiro atoms. The summed E-state index contributed by atoms with van der Waals surface area (Å²) in [5, 5.41) is 0. The number of halogens is 2. The molecule has 0 aromatic heterocycles. The van der Waals surface area contributed by atoms with Crippen LogP contribution < -0.4 is 9.47 Å². The maximum Gasteiger partial charge on any atom is 0.335 e. The minimum Gasteiger partial charge on any atom is -0.423 e. The van der Waals surface area contributed by atoms with Crippen molar-refractivity contribution >= 4 is 11.9 Å². The molecule has 122 valence electrons. The first kappa shape index (κ1) is 17.1. The molecule has 0 aliphatic heterocycles. The lowest BCUT2D eigenvalue weighted by Gasteiger charge is -2.09. The molecule has 24 heavy (non-hydrogen) atoms. The Labute approximate surface area is 136 Å². The van der Waals surface area contributed by atoms with E-state index in [4.69, 9.17) is 4.74 Å². The number of carbonyl (C=O) groups excluding carboxylic acids is 2. The summed E-state index contributed by atoms with van der Waals surface area (Å²) >= 11 is 0. The summed E-state index contributed by atoms with van der Waals surface area (Å²) in [6, 6.07) is 8.26. The Bertz CT molecular complexity index is 828. The van der Waals surface area contributed by atoms with Crippen molar-refractivity contribution in [3.05, 3.63) is 73.3 Å². The molecule has 0 aliphatic rings. The Balaban J connectivity index is 2.39. The first-order chi connectivity index (χ1) is 11.5. The summed E-state index contributed by atoms with van der Waals surface area (Å²) in [4.78, 5) is 22.3. The van der Waals surface area contributed by atoms with Gasteiger partial charge in [-0.05, 0) is 29.8 Å². The average molecular weight is 330 g/mol. The fourth-order valence-electron chi connectivity index (χ4n) is 1.87. The Kier molecular flexibility index (Phi) is 5.21. The number of hydrogen-bond acceptors (Lipinski definition) is 4. The van der Waals surface area contributed by atoms with Crippen LogP contribution in [0.2, 0.25) is 0 Å². The van der Waals surface area contributed by atoms with Crippen molar-refractivity contribution in [3.63, 3.8) is 0 Å². The van der Waals surface area contributed by atoms with E-state index in [1.54, 1.807) is 0 Å². The monoisotopic (exact) mass is 330 g/mol. The van der Waals surface area contributed by atoms with Gasteiger partial charge in [0.1, 0.15) is 5.75 Å². The van der Waals surface area contributed by atoms with Crippen LogP contribution >= 0.6 is 0 Å². The molecule has 2 rings (SSSR count). The molecule has 2 aromatic rings. The zero-order valence-electron chi connectivity index (χ0n) is 12.4. The summed E-state index contributed by atoms with van der Waals surface area (Å²) in [5.74, 6) is -4.48. The average Bonchev–Trinajstić information content (AvgIpc) is 2.59. The second-order valence-electron chi connectivity index (χ2n) is 4.52. The molecule has 0 heterocycles. The van der Waals surface area contributed by atoms with Gasteiger partial charge in [0.25, 0.3) is 0 Å². The van der Waals surface area contributed by atoms with Gasteiger partial charge >= 0.3 is 11.9 Å². The molecular weight excluding hydrogens is 318 g/mol. The molecule has 0 aliphatic carbocycles. The fraction of sp³-hybridized carbons (Fsp3) is 0. The molecule has 0 unspecified atom stereocenters. The molecule has 0 saturated carbocycles. The highest BCUT2D eigenvalue weighted by molar-refractivity contribution is 5.84. The van der Waals surface area contributed by atoms with Crippen molar-refractivity contribution in [3.8, 4) is 22.6 Å². The van der Waals surface area contributed by atoms with Gasteiger partial charge in [-0.2, -0.15) is 4.39 Å². The highest BCUT2D eigenvalue weighted by Gasteiger charge is 2.17. The third-order valence-electron chi connectivity index (χ3n) is 2.95. The number of carbonyl (C=O) groups is 2. The molecular formula is C18H12F2O4. The molecule has 0 atom stereocenters. The van der Waals surface area contributed by atoms with E-state index in [0.717, 1.165) is 18.2 Å². The van der Waals surface area contributed by atoms with Crippen LogP contribution in [-0.2, 0) is 9.59 Å². The number of hydrogen-bond donors (Lipinski definition) is 0. The van der Waals surface area contributed by atoms with Crippen LogP contribution in [0.25, 0.3) is 11.1 Å². The van der Waals surface area contributed by atoms with Gasteiger partial charge in [0.15, 0.2) is 11.6 Å². The number of rotatable bonds is 5. The van der Waals surface area contributed by atoms with Crippen LogP contribution in [0, 0.1) is 11.6 Å². The topological polar surface area (TPSA) is 52.6 Å². The van der Waals surface area contributed by atoms with Gasteiger partial charge in [-0.25, -0.2) is 14.0 Å².